The summed E-state index contributed by atoms with van der Waals surface area (Å²) < 4.78 is 10.2. The van der Waals surface area contributed by atoms with E-state index in [-0.39, 0.29) is 13.0 Å². The van der Waals surface area contributed by atoms with Gasteiger partial charge in [0.05, 0.1) is 13.7 Å². The number of hydrogen-bond acceptors (Lipinski definition) is 5. The number of carbonyl (C=O) groups excluding carboxylic acids is 1. The van der Waals surface area contributed by atoms with Crippen LogP contribution in [0.3, 0.4) is 0 Å². The number of esters is 1. The lowest BCUT2D eigenvalue weighted by Crippen LogP contribution is -2.42. The first-order valence-corrected chi connectivity index (χ1v) is 7.02. The van der Waals surface area contributed by atoms with Crippen LogP contribution in [0.5, 0.6) is 5.75 Å². The summed E-state index contributed by atoms with van der Waals surface area (Å²) in [5.74, 6) is -0.787. The summed E-state index contributed by atoms with van der Waals surface area (Å²) >= 11 is 0. The number of ether oxygens (including phenoxy) is 2. The Morgan fingerprint density at radius 1 is 1.23 bits per heavy atom. The van der Waals surface area contributed by atoms with Crippen LogP contribution in [0.15, 0.2) is 24.3 Å². The summed E-state index contributed by atoms with van der Waals surface area (Å²) in [5, 5.41) is 12.0. The first kappa shape index (κ1) is 18.0. The average molecular weight is 309 g/mol. The van der Waals surface area contributed by atoms with Crippen LogP contribution >= 0.6 is 0 Å². The number of carbonyl (C=O) groups is 2. The van der Waals surface area contributed by atoms with Crippen LogP contribution < -0.4 is 10.1 Å². The lowest BCUT2D eigenvalue weighted by molar-refractivity contribution is -0.154. The third-order valence-corrected chi connectivity index (χ3v) is 2.81. The predicted molar refractivity (Wildman–Crippen MR) is 82.0 cm³/mol. The molecule has 1 atom stereocenters. The Labute approximate surface area is 130 Å². The smallest absolute Gasteiger partial charge is 0.321 e. The second-order valence-electron chi connectivity index (χ2n) is 5.91. The van der Waals surface area contributed by atoms with E-state index in [1.54, 1.807) is 52.1 Å². The minimum absolute atomic E-state index is 0.148. The van der Waals surface area contributed by atoms with Crippen molar-refractivity contribution in [2.45, 2.75) is 38.8 Å². The number of hydrogen-bond donors (Lipinski definition) is 2. The molecule has 0 aromatic heterocycles. The van der Waals surface area contributed by atoms with E-state index in [1.165, 1.54) is 0 Å². The normalized spacial score (nSPS) is 12.5. The molecule has 122 valence electrons. The van der Waals surface area contributed by atoms with Crippen molar-refractivity contribution in [1.82, 2.24) is 5.32 Å². The van der Waals surface area contributed by atoms with Gasteiger partial charge in [0.15, 0.2) is 0 Å². The summed E-state index contributed by atoms with van der Waals surface area (Å²) in [6.07, 6.45) is 0.266. The molecule has 0 heterocycles. The highest BCUT2D eigenvalue weighted by Gasteiger charge is 2.21. The van der Waals surface area contributed by atoms with Crippen molar-refractivity contribution in [3.8, 4) is 5.75 Å². The zero-order valence-electron chi connectivity index (χ0n) is 13.4. The van der Waals surface area contributed by atoms with Gasteiger partial charge in [-0.15, -0.1) is 0 Å². The SMILES string of the molecule is COc1ccc(CC(NCC(=O)OC(C)(C)C)C(=O)O)cc1. The van der Waals surface area contributed by atoms with Crippen LogP contribution in [-0.4, -0.2) is 42.3 Å². The molecule has 22 heavy (non-hydrogen) atoms. The first-order valence-electron chi connectivity index (χ1n) is 7.02. The maximum Gasteiger partial charge on any atom is 0.321 e. The number of nitrogens with one attached hydrogen (secondary N) is 1. The highest BCUT2D eigenvalue weighted by molar-refractivity contribution is 5.76. The Balaban J connectivity index is 2.58. The molecule has 0 saturated heterocycles. The number of rotatable bonds is 7. The quantitative estimate of drug-likeness (QED) is 0.745. The molecule has 0 fully saturated rings. The van der Waals surface area contributed by atoms with Crippen molar-refractivity contribution in [1.29, 1.82) is 0 Å². The number of carboxylic acid groups (broad SMARTS) is 1. The van der Waals surface area contributed by atoms with Gasteiger partial charge in [-0.3, -0.25) is 14.9 Å². The molecule has 1 unspecified atom stereocenters. The lowest BCUT2D eigenvalue weighted by Gasteiger charge is -2.21. The van der Waals surface area contributed by atoms with E-state index >= 15 is 0 Å². The highest BCUT2D eigenvalue weighted by Crippen LogP contribution is 2.13. The number of aliphatic carboxylic acids is 1. The van der Waals surface area contributed by atoms with Gasteiger partial charge in [-0.25, -0.2) is 0 Å². The van der Waals surface area contributed by atoms with Crippen LogP contribution in [0.4, 0.5) is 0 Å². The van der Waals surface area contributed by atoms with Gasteiger partial charge in [-0.2, -0.15) is 0 Å². The molecule has 2 N–H and O–H groups in total. The summed E-state index contributed by atoms with van der Waals surface area (Å²) in [7, 11) is 1.57. The second kappa shape index (κ2) is 7.79. The monoisotopic (exact) mass is 309 g/mol. The van der Waals surface area contributed by atoms with Gasteiger partial charge in [0.2, 0.25) is 0 Å². The summed E-state index contributed by atoms with van der Waals surface area (Å²) in [4.78, 5) is 22.9. The van der Waals surface area contributed by atoms with E-state index in [1.807, 2.05) is 0 Å². The fourth-order valence-corrected chi connectivity index (χ4v) is 1.83. The molecule has 1 rings (SSSR count). The first-order chi connectivity index (χ1) is 10.2. The number of methoxy groups -OCH3 is 1. The average Bonchev–Trinajstić information content (AvgIpc) is 2.41. The van der Waals surface area contributed by atoms with Crippen LogP contribution in [-0.2, 0) is 20.7 Å². The van der Waals surface area contributed by atoms with Gasteiger partial charge in [-0.05, 0) is 44.9 Å². The van der Waals surface area contributed by atoms with E-state index in [4.69, 9.17) is 9.47 Å². The van der Waals surface area contributed by atoms with Crippen LogP contribution in [0, 0.1) is 0 Å². The molecule has 1 aromatic rings. The Kier molecular flexibility index (Phi) is 6.37. The largest absolute Gasteiger partial charge is 0.497 e. The molecule has 6 heteroatoms. The van der Waals surface area contributed by atoms with Gasteiger partial charge in [0.25, 0.3) is 0 Å². The molecule has 0 aliphatic rings. The molecule has 0 saturated carbocycles. The van der Waals surface area contributed by atoms with Crippen molar-refractivity contribution in [3.63, 3.8) is 0 Å². The van der Waals surface area contributed by atoms with Crippen LogP contribution in [0.1, 0.15) is 26.3 Å². The Bertz CT molecular complexity index is 504. The summed E-state index contributed by atoms with van der Waals surface area (Å²) in [5.41, 5.74) is 0.248. The van der Waals surface area contributed by atoms with E-state index in [2.05, 4.69) is 5.32 Å². The minimum Gasteiger partial charge on any atom is -0.497 e. The van der Waals surface area contributed by atoms with E-state index < -0.39 is 23.6 Å². The van der Waals surface area contributed by atoms with Crippen molar-refractivity contribution in [2.24, 2.45) is 0 Å². The van der Waals surface area contributed by atoms with E-state index in [0.717, 1.165) is 5.56 Å². The Morgan fingerprint density at radius 3 is 2.27 bits per heavy atom. The minimum atomic E-state index is -1.01. The number of benzene rings is 1. The van der Waals surface area contributed by atoms with E-state index in [9.17, 15) is 14.7 Å². The van der Waals surface area contributed by atoms with Gasteiger partial charge < -0.3 is 14.6 Å². The van der Waals surface area contributed by atoms with Crippen molar-refractivity contribution < 1.29 is 24.2 Å². The van der Waals surface area contributed by atoms with Crippen LogP contribution in [0.25, 0.3) is 0 Å². The third kappa shape index (κ3) is 6.58. The molecule has 1 aromatic carbocycles. The molecule has 0 radical (unpaired) electrons. The molecule has 0 aliphatic carbocycles. The predicted octanol–water partition coefficient (Wildman–Crippen LogP) is 1.62. The van der Waals surface area contributed by atoms with Gasteiger partial charge in [0.1, 0.15) is 17.4 Å². The molecular weight excluding hydrogens is 286 g/mol. The topological polar surface area (TPSA) is 84.9 Å². The molecule has 0 bridgehead atoms. The van der Waals surface area contributed by atoms with Crippen LogP contribution in [0.2, 0.25) is 0 Å². The Morgan fingerprint density at radius 2 is 1.82 bits per heavy atom. The van der Waals surface area contributed by atoms with Crippen molar-refractivity contribution in [3.05, 3.63) is 29.8 Å². The zero-order chi connectivity index (χ0) is 16.8. The van der Waals surface area contributed by atoms with Gasteiger partial charge in [0, 0.05) is 0 Å². The zero-order valence-corrected chi connectivity index (χ0v) is 13.4. The molecule has 0 spiro atoms. The second-order valence-corrected chi connectivity index (χ2v) is 5.91. The third-order valence-electron chi connectivity index (χ3n) is 2.81. The van der Waals surface area contributed by atoms with Gasteiger partial charge in [-0.1, -0.05) is 12.1 Å². The maximum atomic E-state index is 11.6. The molecular formula is C16H23NO5. The fraction of sp³-hybridized carbons (Fsp3) is 0.500. The standard InChI is InChI=1S/C16H23NO5/c1-16(2,3)22-14(18)10-17-13(15(19)20)9-11-5-7-12(21-4)8-6-11/h5-8,13,17H,9-10H2,1-4H3,(H,19,20). The molecule has 0 aliphatic heterocycles. The van der Waals surface area contributed by atoms with Gasteiger partial charge >= 0.3 is 11.9 Å². The van der Waals surface area contributed by atoms with Crippen molar-refractivity contribution >= 4 is 11.9 Å². The summed E-state index contributed by atoms with van der Waals surface area (Å²) in [6.45, 7) is 5.13. The molecule has 0 amide bonds. The highest BCUT2D eigenvalue weighted by atomic mass is 16.6. The fourth-order valence-electron chi connectivity index (χ4n) is 1.83. The molecule has 6 nitrogen and oxygen atoms in total. The Hall–Kier alpha value is -2.08. The summed E-state index contributed by atoms with van der Waals surface area (Å²) in [6, 6.07) is 6.26. The van der Waals surface area contributed by atoms with E-state index in [0.29, 0.717) is 5.75 Å². The lowest BCUT2D eigenvalue weighted by atomic mass is 10.1. The number of carboxylic acids is 1. The maximum absolute atomic E-state index is 11.6. The van der Waals surface area contributed by atoms with Crippen molar-refractivity contribution in [2.75, 3.05) is 13.7 Å².